The van der Waals surface area contributed by atoms with Gasteiger partial charge in [-0.2, -0.15) is 0 Å². The van der Waals surface area contributed by atoms with Gasteiger partial charge in [0, 0.05) is 6.42 Å². The number of aryl methyl sites for hydroxylation is 1. The maximum atomic E-state index is 5.70. The number of nitrogens with two attached hydrogens (primary N) is 1. The Hall–Kier alpha value is -1.35. The average molecular weight is 232 g/mol. The molecule has 0 amide bonds. The summed E-state index contributed by atoms with van der Waals surface area (Å²) in [4.78, 5) is 4.48. The van der Waals surface area contributed by atoms with E-state index in [2.05, 4.69) is 11.9 Å². The molecule has 17 heavy (non-hydrogen) atoms. The normalized spacial score (nSPS) is 13.1. The third-order valence-corrected chi connectivity index (χ3v) is 3.26. The van der Waals surface area contributed by atoms with Crippen LogP contribution in [0.25, 0.3) is 11.1 Å². The van der Waals surface area contributed by atoms with E-state index >= 15 is 0 Å². The molecule has 0 fully saturated rings. The fourth-order valence-corrected chi connectivity index (χ4v) is 2.14. The molecule has 3 heteroatoms. The smallest absolute Gasteiger partial charge is 0.195 e. The first kappa shape index (κ1) is 12.1. The molecule has 0 bridgehead atoms. The van der Waals surface area contributed by atoms with Crippen molar-refractivity contribution in [2.45, 2.75) is 32.6 Å². The SMILES string of the molecule is CCC(CCN)CCc1nc2ccccc2o1. The van der Waals surface area contributed by atoms with E-state index in [4.69, 9.17) is 10.2 Å². The number of benzene rings is 1. The van der Waals surface area contributed by atoms with E-state index in [0.717, 1.165) is 42.8 Å². The molecular weight excluding hydrogens is 212 g/mol. The fourth-order valence-electron chi connectivity index (χ4n) is 2.14. The molecular formula is C14H20N2O. The van der Waals surface area contributed by atoms with Crippen molar-refractivity contribution in [2.24, 2.45) is 11.7 Å². The summed E-state index contributed by atoms with van der Waals surface area (Å²) < 4.78 is 5.70. The zero-order chi connectivity index (χ0) is 12.1. The predicted octanol–water partition coefficient (Wildman–Crippen LogP) is 3.14. The largest absolute Gasteiger partial charge is 0.441 e. The van der Waals surface area contributed by atoms with Crippen molar-refractivity contribution in [3.8, 4) is 0 Å². The van der Waals surface area contributed by atoms with Gasteiger partial charge in [-0.3, -0.25) is 0 Å². The van der Waals surface area contributed by atoms with E-state index in [1.165, 1.54) is 6.42 Å². The summed E-state index contributed by atoms with van der Waals surface area (Å²) in [6.07, 6.45) is 4.29. The van der Waals surface area contributed by atoms with Gasteiger partial charge in [-0.15, -0.1) is 0 Å². The van der Waals surface area contributed by atoms with Crippen molar-refractivity contribution in [3.05, 3.63) is 30.2 Å². The number of rotatable bonds is 6. The Labute approximate surface area is 102 Å². The van der Waals surface area contributed by atoms with Gasteiger partial charge in [0.25, 0.3) is 0 Å². The van der Waals surface area contributed by atoms with Crippen molar-refractivity contribution in [3.63, 3.8) is 0 Å². The van der Waals surface area contributed by atoms with Crippen LogP contribution in [0, 0.1) is 5.92 Å². The molecule has 3 nitrogen and oxygen atoms in total. The number of hydrogen-bond acceptors (Lipinski definition) is 3. The quantitative estimate of drug-likeness (QED) is 0.832. The van der Waals surface area contributed by atoms with Crippen molar-refractivity contribution in [2.75, 3.05) is 6.54 Å². The molecule has 0 aliphatic heterocycles. The van der Waals surface area contributed by atoms with Gasteiger partial charge in [-0.25, -0.2) is 4.98 Å². The molecule has 1 heterocycles. The lowest BCUT2D eigenvalue weighted by atomic mass is 9.97. The van der Waals surface area contributed by atoms with Crippen LogP contribution in [0.3, 0.4) is 0 Å². The standard InChI is InChI=1S/C14H20N2O/c1-2-11(9-10-15)7-8-14-16-12-5-3-4-6-13(12)17-14/h3-6,11H,2,7-10,15H2,1H3. The summed E-state index contributed by atoms with van der Waals surface area (Å²) in [5.41, 5.74) is 7.43. The van der Waals surface area contributed by atoms with Crippen molar-refractivity contribution < 1.29 is 4.42 Å². The van der Waals surface area contributed by atoms with Gasteiger partial charge in [0.2, 0.25) is 0 Å². The first-order valence-corrected chi connectivity index (χ1v) is 6.38. The summed E-state index contributed by atoms with van der Waals surface area (Å²) in [7, 11) is 0. The molecule has 92 valence electrons. The van der Waals surface area contributed by atoms with Crippen LogP contribution in [0.1, 0.15) is 32.1 Å². The minimum absolute atomic E-state index is 0.690. The molecule has 0 aliphatic rings. The van der Waals surface area contributed by atoms with Crippen molar-refractivity contribution >= 4 is 11.1 Å². The van der Waals surface area contributed by atoms with Crippen LogP contribution in [0.2, 0.25) is 0 Å². The first-order chi connectivity index (χ1) is 8.33. The van der Waals surface area contributed by atoms with E-state index < -0.39 is 0 Å². The van der Waals surface area contributed by atoms with Crippen LogP contribution in [0.4, 0.5) is 0 Å². The maximum absolute atomic E-state index is 5.70. The highest BCUT2D eigenvalue weighted by molar-refractivity contribution is 5.72. The molecule has 2 N–H and O–H groups in total. The van der Waals surface area contributed by atoms with E-state index in [0.29, 0.717) is 5.92 Å². The number of para-hydroxylation sites is 2. The van der Waals surface area contributed by atoms with Gasteiger partial charge in [-0.05, 0) is 37.4 Å². The maximum Gasteiger partial charge on any atom is 0.195 e. The molecule has 1 atom stereocenters. The van der Waals surface area contributed by atoms with Gasteiger partial charge in [-0.1, -0.05) is 25.5 Å². The van der Waals surface area contributed by atoms with E-state index in [1.54, 1.807) is 0 Å². The zero-order valence-corrected chi connectivity index (χ0v) is 10.4. The van der Waals surface area contributed by atoms with E-state index in [-0.39, 0.29) is 0 Å². The highest BCUT2D eigenvalue weighted by atomic mass is 16.3. The molecule has 0 saturated heterocycles. The Balaban J connectivity index is 1.98. The Morgan fingerprint density at radius 3 is 2.82 bits per heavy atom. The Bertz CT molecular complexity index is 431. The molecule has 0 spiro atoms. The van der Waals surface area contributed by atoms with E-state index in [9.17, 15) is 0 Å². The fraction of sp³-hybridized carbons (Fsp3) is 0.500. The third kappa shape index (κ3) is 3.07. The predicted molar refractivity (Wildman–Crippen MR) is 69.8 cm³/mol. The summed E-state index contributed by atoms with van der Waals surface area (Å²) in [6, 6.07) is 7.90. The van der Waals surface area contributed by atoms with Crippen molar-refractivity contribution in [1.29, 1.82) is 0 Å². The molecule has 1 unspecified atom stereocenters. The van der Waals surface area contributed by atoms with Gasteiger partial charge in [0.15, 0.2) is 11.5 Å². The minimum Gasteiger partial charge on any atom is -0.441 e. The highest BCUT2D eigenvalue weighted by Crippen LogP contribution is 2.19. The van der Waals surface area contributed by atoms with Crippen LogP contribution >= 0.6 is 0 Å². The van der Waals surface area contributed by atoms with Gasteiger partial charge in [0.1, 0.15) is 5.52 Å². The van der Waals surface area contributed by atoms with Crippen LogP contribution in [0.15, 0.2) is 28.7 Å². The van der Waals surface area contributed by atoms with Crippen LogP contribution in [0.5, 0.6) is 0 Å². The molecule has 2 aromatic rings. The minimum atomic E-state index is 0.690. The summed E-state index contributed by atoms with van der Waals surface area (Å²) in [5, 5.41) is 0. The first-order valence-electron chi connectivity index (χ1n) is 6.38. The lowest BCUT2D eigenvalue weighted by molar-refractivity contribution is 0.415. The second kappa shape index (κ2) is 5.82. The topological polar surface area (TPSA) is 52.0 Å². The Morgan fingerprint density at radius 2 is 2.12 bits per heavy atom. The third-order valence-electron chi connectivity index (χ3n) is 3.26. The highest BCUT2D eigenvalue weighted by Gasteiger charge is 2.09. The Kier molecular flexibility index (Phi) is 4.15. The number of hydrogen-bond donors (Lipinski definition) is 1. The van der Waals surface area contributed by atoms with Crippen LogP contribution in [-0.4, -0.2) is 11.5 Å². The van der Waals surface area contributed by atoms with Crippen LogP contribution < -0.4 is 5.73 Å². The number of fused-ring (bicyclic) bond motifs is 1. The van der Waals surface area contributed by atoms with Gasteiger partial charge in [0.05, 0.1) is 0 Å². The van der Waals surface area contributed by atoms with Crippen LogP contribution in [-0.2, 0) is 6.42 Å². The van der Waals surface area contributed by atoms with Gasteiger partial charge >= 0.3 is 0 Å². The molecule has 1 aromatic carbocycles. The number of aromatic nitrogens is 1. The summed E-state index contributed by atoms with van der Waals surface area (Å²) in [6.45, 7) is 2.98. The number of nitrogens with zero attached hydrogens (tertiary/aromatic N) is 1. The zero-order valence-electron chi connectivity index (χ0n) is 10.4. The lowest BCUT2D eigenvalue weighted by Gasteiger charge is -2.11. The second-order valence-corrected chi connectivity index (χ2v) is 4.47. The van der Waals surface area contributed by atoms with E-state index in [1.807, 2.05) is 24.3 Å². The number of oxazole rings is 1. The average Bonchev–Trinajstić information content (AvgIpc) is 2.77. The second-order valence-electron chi connectivity index (χ2n) is 4.47. The van der Waals surface area contributed by atoms with Gasteiger partial charge < -0.3 is 10.2 Å². The molecule has 0 saturated carbocycles. The molecule has 1 aromatic heterocycles. The van der Waals surface area contributed by atoms with Crippen molar-refractivity contribution in [1.82, 2.24) is 4.98 Å². The summed E-state index contributed by atoms with van der Waals surface area (Å²) in [5.74, 6) is 1.54. The Morgan fingerprint density at radius 1 is 1.29 bits per heavy atom. The summed E-state index contributed by atoms with van der Waals surface area (Å²) >= 11 is 0. The monoisotopic (exact) mass is 232 g/mol. The molecule has 0 aliphatic carbocycles. The molecule has 0 radical (unpaired) electrons. The molecule has 2 rings (SSSR count). The lowest BCUT2D eigenvalue weighted by Crippen LogP contribution is -2.09.